The molecule has 0 atom stereocenters. The van der Waals surface area contributed by atoms with E-state index in [2.05, 4.69) is 20.6 Å². The van der Waals surface area contributed by atoms with Gasteiger partial charge in [-0.2, -0.15) is 18.3 Å². The van der Waals surface area contributed by atoms with Crippen molar-refractivity contribution in [3.8, 4) is 5.69 Å². The molecule has 1 aliphatic rings. The third-order valence-corrected chi connectivity index (χ3v) is 6.22. The summed E-state index contributed by atoms with van der Waals surface area (Å²) in [6.45, 7) is 0. The summed E-state index contributed by atoms with van der Waals surface area (Å²) in [6.07, 6.45) is 1.54. The number of aromatic nitrogens is 4. The molecule has 1 fully saturated rings. The Labute approximate surface area is 179 Å². The number of alkyl halides is 3. The van der Waals surface area contributed by atoms with Crippen LogP contribution in [0.1, 0.15) is 59.1 Å². The molecule has 0 saturated heterocycles. The molecule has 0 bridgehead atoms. The molecule has 30 heavy (non-hydrogen) atoms. The summed E-state index contributed by atoms with van der Waals surface area (Å²) in [7, 11) is 0. The Morgan fingerprint density at radius 2 is 1.83 bits per heavy atom. The second kappa shape index (κ2) is 8.35. The van der Waals surface area contributed by atoms with Gasteiger partial charge in [0.05, 0.1) is 17.4 Å². The van der Waals surface area contributed by atoms with Crippen molar-refractivity contribution in [1.29, 1.82) is 0 Å². The summed E-state index contributed by atoms with van der Waals surface area (Å²) < 4.78 is 42.0. The Kier molecular flexibility index (Phi) is 5.79. The van der Waals surface area contributed by atoms with Crippen LogP contribution < -0.4 is 5.32 Å². The van der Waals surface area contributed by atoms with Crippen molar-refractivity contribution in [1.82, 2.24) is 20.0 Å². The first-order valence-corrected chi connectivity index (χ1v) is 10.6. The van der Waals surface area contributed by atoms with Gasteiger partial charge in [-0.15, -0.1) is 10.2 Å². The Balaban J connectivity index is 1.60. The van der Waals surface area contributed by atoms with Gasteiger partial charge in [-0.05, 0) is 37.1 Å². The predicted octanol–water partition coefficient (Wildman–Crippen LogP) is 5.70. The zero-order valence-electron chi connectivity index (χ0n) is 15.6. The topological polar surface area (TPSA) is 72.7 Å². The lowest BCUT2D eigenvalue weighted by Gasteiger charge is -2.18. The van der Waals surface area contributed by atoms with Gasteiger partial charge in [-0.1, -0.05) is 42.2 Å². The Morgan fingerprint density at radius 3 is 2.50 bits per heavy atom. The lowest BCUT2D eigenvalue weighted by atomic mass is 9.90. The average Bonchev–Trinajstić information content (AvgIpc) is 3.36. The van der Waals surface area contributed by atoms with Gasteiger partial charge in [0.15, 0.2) is 5.69 Å². The minimum atomic E-state index is -4.79. The van der Waals surface area contributed by atoms with E-state index in [1.807, 2.05) is 0 Å². The first-order valence-electron chi connectivity index (χ1n) is 9.39. The van der Waals surface area contributed by atoms with Gasteiger partial charge >= 0.3 is 6.18 Å². The third kappa shape index (κ3) is 4.34. The maximum Gasteiger partial charge on any atom is 0.434 e. The van der Waals surface area contributed by atoms with Gasteiger partial charge in [-0.25, -0.2) is 4.68 Å². The smallest absolute Gasteiger partial charge is 0.296 e. The summed E-state index contributed by atoms with van der Waals surface area (Å²) in [5.41, 5.74) is -1.62. The van der Waals surface area contributed by atoms with Crippen molar-refractivity contribution < 1.29 is 18.0 Å². The van der Waals surface area contributed by atoms with Crippen LogP contribution in [0.3, 0.4) is 0 Å². The van der Waals surface area contributed by atoms with Gasteiger partial charge in [-0.3, -0.25) is 10.1 Å². The molecule has 2 heterocycles. The predicted molar refractivity (Wildman–Crippen MR) is 107 cm³/mol. The molecule has 1 aromatic carbocycles. The maximum absolute atomic E-state index is 13.8. The summed E-state index contributed by atoms with van der Waals surface area (Å²) in [5.74, 6) is -0.644. The van der Waals surface area contributed by atoms with Crippen LogP contribution in [0, 0.1) is 0 Å². The molecule has 2 aromatic heterocycles. The molecule has 1 amide bonds. The third-order valence-electron chi connectivity index (χ3n) is 4.97. The number of amides is 1. The number of hydrogen-bond donors (Lipinski definition) is 1. The first kappa shape index (κ1) is 20.8. The fraction of sp³-hybridized carbons (Fsp3) is 0.368. The fourth-order valence-electron chi connectivity index (χ4n) is 3.53. The molecule has 11 heteroatoms. The highest BCUT2D eigenvalue weighted by Gasteiger charge is 2.40. The molecule has 1 aliphatic carbocycles. The van der Waals surface area contributed by atoms with Crippen molar-refractivity contribution in [2.45, 2.75) is 44.2 Å². The number of benzene rings is 1. The molecular formula is C19H17ClF3N5OS. The van der Waals surface area contributed by atoms with Gasteiger partial charge in [0.25, 0.3) is 5.91 Å². The lowest BCUT2D eigenvalue weighted by Crippen LogP contribution is -2.20. The van der Waals surface area contributed by atoms with Gasteiger partial charge in [0.2, 0.25) is 5.13 Å². The van der Waals surface area contributed by atoms with Crippen molar-refractivity contribution in [3.05, 3.63) is 51.7 Å². The summed E-state index contributed by atoms with van der Waals surface area (Å²) in [5, 5.41) is 15.6. The van der Waals surface area contributed by atoms with Gasteiger partial charge < -0.3 is 0 Å². The molecule has 1 N–H and O–H groups in total. The molecule has 3 aromatic rings. The summed E-state index contributed by atoms with van der Waals surface area (Å²) >= 11 is 7.01. The number of carbonyl (C=O) groups excluding carboxylic acids is 1. The van der Waals surface area contributed by atoms with E-state index in [-0.39, 0.29) is 10.8 Å². The number of halogens is 4. The summed E-state index contributed by atoms with van der Waals surface area (Å²) in [4.78, 5) is 12.6. The molecule has 0 aliphatic heterocycles. The number of rotatable bonds is 4. The molecule has 158 valence electrons. The van der Waals surface area contributed by atoms with E-state index < -0.39 is 23.3 Å². The van der Waals surface area contributed by atoms with Gasteiger partial charge in [0.1, 0.15) is 5.01 Å². The molecule has 0 radical (unpaired) electrons. The number of nitrogens with zero attached hydrogens (tertiary/aromatic N) is 4. The second-order valence-electron chi connectivity index (χ2n) is 7.03. The highest BCUT2D eigenvalue weighted by Crippen LogP contribution is 2.36. The van der Waals surface area contributed by atoms with Crippen LogP contribution in [0.25, 0.3) is 5.69 Å². The number of anilines is 1. The number of carbonyl (C=O) groups is 1. The van der Waals surface area contributed by atoms with Crippen molar-refractivity contribution in [2.24, 2.45) is 0 Å². The van der Waals surface area contributed by atoms with Crippen molar-refractivity contribution in [2.75, 3.05) is 5.32 Å². The SMILES string of the molecule is O=C(Nc1nnc(C2CCCCC2)s1)c1cnn(-c2ccc(Cl)cc2)c1C(F)(F)F. The summed E-state index contributed by atoms with van der Waals surface area (Å²) in [6, 6.07) is 5.69. The first-order chi connectivity index (χ1) is 14.3. The van der Waals surface area contributed by atoms with E-state index >= 15 is 0 Å². The molecule has 4 rings (SSSR count). The minimum absolute atomic E-state index is 0.140. The number of hydrogen-bond acceptors (Lipinski definition) is 5. The van der Waals surface area contributed by atoms with Gasteiger partial charge in [0, 0.05) is 10.9 Å². The second-order valence-corrected chi connectivity index (χ2v) is 8.47. The van der Waals surface area contributed by atoms with Crippen LogP contribution in [-0.4, -0.2) is 25.9 Å². The zero-order valence-corrected chi connectivity index (χ0v) is 17.2. The Bertz CT molecular complexity index is 1040. The Hall–Kier alpha value is -2.46. The van der Waals surface area contributed by atoms with Crippen molar-refractivity contribution in [3.63, 3.8) is 0 Å². The normalized spacial score (nSPS) is 15.3. The van der Waals surface area contributed by atoms with Crippen LogP contribution in [-0.2, 0) is 6.18 Å². The van der Waals surface area contributed by atoms with Crippen molar-refractivity contribution >= 4 is 34.0 Å². The molecule has 6 nitrogen and oxygen atoms in total. The van der Waals surface area contributed by atoms with Crippen LogP contribution >= 0.6 is 22.9 Å². The molecule has 0 unspecified atom stereocenters. The number of nitrogens with one attached hydrogen (secondary N) is 1. The standard InChI is InChI=1S/C19H17ClF3N5OS/c20-12-6-8-13(9-7-12)28-15(19(21,22)23)14(10-24-28)16(29)25-18-27-26-17(30-18)11-4-2-1-3-5-11/h6-11H,1-5H2,(H,25,27,29). The average molecular weight is 456 g/mol. The molecule has 0 spiro atoms. The van der Waals surface area contributed by atoms with Crippen LogP contribution in [0.2, 0.25) is 5.02 Å². The Morgan fingerprint density at radius 1 is 1.13 bits per heavy atom. The lowest BCUT2D eigenvalue weighted by molar-refractivity contribution is -0.143. The van der Waals surface area contributed by atoms with Crippen LogP contribution in [0.15, 0.2) is 30.5 Å². The maximum atomic E-state index is 13.8. The van der Waals surface area contributed by atoms with E-state index in [0.29, 0.717) is 15.6 Å². The van der Waals surface area contributed by atoms with Crippen LogP contribution in [0.5, 0.6) is 0 Å². The van der Waals surface area contributed by atoms with Crippen LogP contribution in [0.4, 0.5) is 18.3 Å². The van der Waals surface area contributed by atoms with E-state index in [4.69, 9.17) is 11.6 Å². The highest BCUT2D eigenvalue weighted by molar-refractivity contribution is 7.15. The van der Waals surface area contributed by atoms with E-state index in [9.17, 15) is 18.0 Å². The fourth-order valence-corrected chi connectivity index (χ4v) is 4.56. The molecule has 1 saturated carbocycles. The van der Waals surface area contributed by atoms with E-state index in [1.54, 1.807) is 0 Å². The van der Waals surface area contributed by atoms with E-state index in [0.717, 1.165) is 36.9 Å². The minimum Gasteiger partial charge on any atom is -0.296 e. The molecular weight excluding hydrogens is 439 g/mol. The highest BCUT2D eigenvalue weighted by atomic mass is 35.5. The quantitative estimate of drug-likeness (QED) is 0.548. The van der Waals surface area contributed by atoms with E-state index in [1.165, 1.54) is 42.0 Å². The largest absolute Gasteiger partial charge is 0.434 e. The zero-order chi connectivity index (χ0) is 21.3. The monoisotopic (exact) mass is 455 g/mol.